The maximum atomic E-state index is 11.2. The Morgan fingerprint density at radius 1 is 1.15 bits per heavy atom. The third kappa shape index (κ3) is 1.26. The van der Waals surface area contributed by atoms with Gasteiger partial charge in [0.15, 0.2) is 5.78 Å². The smallest absolute Gasteiger partial charge is 0.168 e. The number of hydrogen-bond donors (Lipinski definition) is 2. The van der Waals surface area contributed by atoms with Crippen molar-refractivity contribution in [3.63, 3.8) is 0 Å². The Labute approximate surface area is 75.6 Å². The number of benzene rings is 1. The molecule has 3 heteroatoms. The highest BCUT2D eigenvalue weighted by Gasteiger charge is 2.30. The quantitative estimate of drug-likeness (QED) is 0.615. The number of rotatable bonds is 0. The topological polar surface area (TPSA) is 57.5 Å². The Bertz CT molecular complexity index is 346. The summed E-state index contributed by atoms with van der Waals surface area (Å²) in [6, 6.07) is 6.92. The zero-order chi connectivity index (χ0) is 9.42. The molecule has 2 unspecified atom stereocenters. The SMILES string of the molecule is O=C1CC(O)c2ccccc2C1O. The second-order valence-electron chi connectivity index (χ2n) is 3.22. The van der Waals surface area contributed by atoms with Crippen molar-refractivity contribution in [1.82, 2.24) is 0 Å². The van der Waals surface area contributed by atoms with E-state index in [1.54, 1.807) is 24.3 Å². The van der Waals surface area contributed by atoms with E-state index in [-0.39, 0.29) is 12.2 Å². The standard InChI is InChI=1S/C10H10O3/c11-8-5-9(12)10(13)7-4-2-1-3-6(7)8/h1-4,8,10-11,13H,5H2. The molecular formula is C10H10O3. The molecule has 1 aliphatic carbocycles. The van der Waals surface area contributed by atoms with Crippen molar-refractivity contribution in [2.45, 2.75) is 18.6 Å². The Kier molecular flexibility index (Phi) is 1.90. The van der Waals surface area contributed by atoms with Gasteiger partial charge in [-0.15, -0.1) is 0 Å². The summed E-state index contributed by atoms with van der Waals surface area (Å²) >= 11 is 0. The summed E-state index contributed by atoms with van der Waals surface area (Å²) in [5.74, 6) is -0.314. The van der Waals surface area contributed by atoms with Crippen LogP contribution in [-0.4, -0.2) is 16.0 Å². The highest BCUT2D eigenvalue weighted by molar-refractivity contribution is 5.86. The molecule has 68 valence electrons. The predicted molar refractivity (Wildman–Crippen MR) is 46.0 cm³/mol. The molecule has 0 heterocycles. The predicted octanol–water partition coefficient (Wildman–Crippen LogP) is 0.726. The van der Waals surface area contributed by atoms with Gasteiger partial charge in [0, 0.05) is 6.42 Å². The lowest BCUT2D eigenvalue weighted by atomic mass is 9.87. The van der Waals surface area contributed by atoms with Crippen molar-refractivity contribution in [2.75, 3.05) is 0 Å². The van der Waals surface area contributed by atoms with E-state index in [4.69, 9.17) is 0 Å². The van der Waals surface area contributed by atoms with Crippen LogP contribution in [0.1, 0.15) is 29.8 Å². The van der Waals surface area contributed by atoms with Crippen LogP contribution < -0.4 is 0 Å². The fourth-order valence-electron chi connectivity index (χ4n) is 1.65. The Balaban J connectivity index is 2.53. The number of carbonyl (C=O) groups excluding carboxylic acids is 1. The normalized spacial score (nSPS) is 27.1. The van der Waals surface area contributed by atoms with Crippen molar-refractivity contribution in [3.8, 4) is 0 Å². The number of aliphatic hydroxyl groups is 2. The van der Waals surface area contributed by atoms with Gasteiger partial charge >= 0.3 is 0 Å². The molecule has 0 spiro atoms. The van der Waals surface area contributed by atoms with Gasteiger partial charge in [-0.1, -0.05) is 24.3 Å². The second-order valence-corrected chi connectivity index (χ2v) is 3.22. The summed E-state index contributed by atoms with van der Waals surface area (Å²) in [5.41, 5.74) is 1.20. The summed E-state index contributed by atoms with van der Waals surface area (Å²) in [5, 5.41) is 19.0. The number of aliphatic hydroxyl groups excluding tert-OH is 2. The number of carbonyl (C=O) groups is 1. The molecule has 0 aromatic heterocycles. The third-order valence-electron chi connectivity index (χ3n) is 2.35. The van der Waals surface area contributed by atoms with Crippen molar-refractivity contribution in [3.05, 3.63) is 35.4 Å². The van der Waals surface area contributed by atoms with E-state index in [0.29, 0.717) is 11.1 Å². The zero-order valence-electron chi connectivity index (χ0n) is 6.97. The fraction of sp³-hybridized carbons (Fsp3) is 0.300. The molecule has 3 nitrogen and oxygen atoms in total. The van der Waals surface area contributed by atoms with E-state index < -0.39 is 12.2 Å². The Hall–Kier alpha value is -1.19. The molecule has 1 aromatic rings. The van der Waals surface area contributed by atoms with Crippen molar-refractivity contribution in [2.24, 2.45) is 0 Å². The monoisotopic (exact) mass is 178 g/mol. The van der Waals surface area contributed by atoms with Gasteiger partial charge < -0.3 is 10.2 Å². The van der Waals surface area contributed by atoms with E-state index in [2.05, 4.69) is 0 Å². The molecule has 13 heavy (non-hydrogen) atoms. The first-order valence-electron chi connectivity index (χ1n) is 4.18. The molecule has 0 saturated heterocycles. The minimum absolute atomic E-state index is 0.0121. The molecule has 2 rings (SSSR count). The van der Waals surface area contributed by atoms with Crippen molar-refractivity contribution >= 4 is 5.78 Å². The van der Waals surface area contributed by atoms with Crippen LogP contribution in [0.25, 0.3) is 0 Å². The molecule has 0 radical (unpaired) electrons. The lowest BCUT2D eigenvalue weighted by molar-refractivity contribution is -0.130. The maximum Gasteiger partial charge on any atom is 0.168 e. The van der Waals surface area contributed by atoms with Gasteiger partial charge in [-0.3, -0.25) is 4.79 Å². The van der Waals surface area contributed by atoms with Crippen LogP contribution in [0.4, 0.5) is 0 Å². The Morgan fingerprint density at radius 3 is 2.46 bits per heavy atom. The highest BCUT2D eigenvalue weighted by atomic mass is 16.3. The van der Waals surface area contributed by atoms with E-state index in [1.807, 2.05) is 0 Å². The minimum atomic E-state index is -1.06. The van der Waals surface area contributed by atoms with Crippen LogP contribution >= 0.6 is 0 Å². The molecule has 2 atom stereocenters. The molecule has 0 saturated carbocycles. The lowest BCUT2D eigenvalue weighted by Crippen LogP contribution is -2.23. The minimum Gasteiger partial charge on any atom is -0.388 e. The van der Waals surface area contributed by atoms with E-state index in [9.17, 15) is 15.0 Å². The second kappa shape index (κ2) is 2.94. The number of hydrogen-bond acceptors (Lipinski definition) is 3. The van der Waals surface area contributed by atoms with Gasteiger partial charge in [-0.2, -0.15) is 0 Å². The average molecular weight is 178 g/mol. The fourth-order valence-corrected chi connectivity index (χ4v) is 1.65. The highest BCUT2D eigenvalue weighted by Crippen LogP contribution is 2.33. The first kappa shape index (κ1) is 8.41. The molecule has 0 amide bonds. The van der Waals surface area contributed by atoms with Gasteiger partial charge in [0.2, 0.25) is 0 Å². The van der Waals surface area contributed by atoms with Crippen LogP contribution in [0.2, 0.25) is 0 Å². The number of ketones is 1. The molecule has 2 N–H and O–H groups in total. The Morgan fingerprint density at radius 2 is 1.77 bits per heavy atom. The van der Waals surface area contributed by atoms with Gasteiger partial charge in [-0.25, -0.2) is 0 Å². The van der Waals surface area contributed by atoms with Gasteiger partial charge in [0.1, 0.15) is 6.10 Å². The zero-order valence-corrected chi connectivity index (χ0v) is 6.97. The summed E-state index contributed by atoms with van der Waals surface area (Å²) in [7, 11) is 0. The van der Waals surface area contributed by atoms with Crippen LogP contribution in [0, 0.1) is 0 Å². The van der Waals surface area contributed by atoms with Crippen LogP contribution in [0.5, 0.6) is 0 Å². The van der Waals surface area contributed by atoms with E-state index >= 15 is 0 Å². The number of Topliss-reactive ketones (excluding diaryl/α,β-unsaturated/α-hetero) is 1. The van der Waals surface area contributed by atoms with Crippen LogP contribution in [0.3, 0.4) is 0 Å². The summed E-state index contributed by atoms with van der Waals surface area (Å²) in [4.78, 5) is 11.2. The summed E-state index contributed by atoms with van der Waals surface area (Å²) in [6.07, 6.45) is -1.80. The molecule has 0 fully saturated rings. The van der Waals surface area contributed by atoms with Crippen molar-refractivity contribution < 1.29 is 15.0 Å². The van der Waals surface area contributed by atoms with Gasteiger partial charge in [-0.05, 0) is 11.1 Å². The molecule has 1 aliphatic rings. The number of fused-ring (bicyclic) bond motifs is 1. The van der Waals surface area contributed by atoms with Gasteiger partial charge in [0.05, 0.1) is 6.10 Å². The van der Waals surface area contributed by atoms with Gasteiger partial charge in [0.25, 0.3) is 0 Å². The summed E-state index contributed by atoms with van der Waals surface area (Å²) in [6.45, 7) is 0. The lowest BCUT2D eigenvalue weighted by Gasteiger charge is -2.24. The summed E-state index contributed by atoms with van der Waals surface area (Å²) < 4.78 is 0. The molecule has 1 aromatic carbocycles. The van der Waals surface area contributed by atoms with Crippen LogP contribution in [0.15, 0.2) is 24.3 Å². The largest absolute Gasteiger partial charge is 0.388 e. The third-order valence-corrected chi connectivity index (χ3v) is 2.35. The van der Waals surface area contributed by atoms with Crippen LogP contribution in [-0.2, 0) is 4.79 Å². The molecular weight excluding hydrogens is 168 g/mol. The first-order valence-corrected chi connectivity index (χ1v) is 4.18. The molecule has 0 aliphatic heterocycles. The van der Waals surface area contributed by atoms with E-state index in [1.165, 1.54) is 0 Å². The molecule has 0 bridgehead atoms. The average Bonchev–Trinajstić information content (AvgIpc) is 2.15. The maximum absolute atomic E-state index is 11.2. The van der Waals surface area contributed by atoms with E-state index in [0.717, 1.165) is 0 Å². The van der Waals surface area contributed by atoms with Crippen molar-refractivity contribution in [1.29, 1.82) is 0 Å². The first-order chi connectivity index (χ1) is 6.20.